The van der Waals surface area contributed by atoms with Crippen LogP contribution in [0.3, 0.4) is 0 Å². The molecule has 0 aliphatic heterocycles. The predicted octanol–water partition coefficient (Wildman–Crippen LogP) is 21.9. The number of esters is 4. The summed E-state index contributed by atoms with van der Waals surface area (Å²) in [6.07, 6.45) is 54.5. The first kappa shape index (κ1) is 92.1. The van der Waals surface area contributed by atoms with Crippen molar-refractivity contribution in [2.45, 2.75) is 407 Å². The molecule has 0 aromatic carbocycles. The molecule has 0 saturated heterocycles. The standard InChI is InChI=1S/C75H146O17P2/c1-7-9-11-13-15-17-19-20-21-22-23-24-25-26-27-28-29-31-35-40-48-54-60-75(80)91-70(63-85-72(77)57-51-45-38-36-32-33-37-43-49-55-67(3)4)65-89-93(81,82)87-61-69(76)62-88-94(83,84)90-66-71(64-86-73(78)58-52-46-42-41-44-50-56-68(5)6)92-74(79)59-53-47-39-34-30-18-16-14-12-10-8-2/h67-71,76H,7-66H2,1-6H3,(H,81,82)(H,83,84)/t69-,70-,71-/m1/s1. The van der Waals surface area contributed by atoms with Crippen molar-refractivity contribution in [2.75, 3.05) is 39.6 Å². The van der Waals surface area contributed by atoms with Gasteiger partial charge < -0.3 is 33.8 Å². The Labute approximate surface area is 575 Å². The third-order valence-corrected chi connectivity index (χ3v) is 19.4. The fourth-order valence-corrected chi connectivity index (χ4v) is 13.1. The van der Waals surface area contributed by atoms with Crippen molar-refractivity contribution in [3.8, 4) is 0 Å². The molecule has 0 aliphatic carbocycles. The van der Waals surface area contributed by atoms with Crippen LogP contribution in [0.15, 0.2) is 0 Å². The summed E-state index contributed by atoms with van der Waals surface area (Å²) in [6.45, 7) is 9.47. The minimum absolute atomic E-state index is 0.106. The molecule has 19 heteroatoms. The van der Waals surface area contributed by atoms with Crippen LogP contribution in [0, 0.1) is 11.8 Å². The van der Waals surface area contributed by atoms with Crippen molar-refractivity contribution in [3.05, 3.63) is 0 Å². The zero-order valence-electron chi connectivity index (χ0n) is 61.3. The molecule has 0 fully saturated rings. The molecule has 0 saturated carbocycles. The SMILES string of the molecule is CCCCCCCCCCCCCCCCCCCCCCCCC(=O)O[C@H](COC(=O)CCCCCCCCCCCC(C)C)COP(=O)(O)OC[C@@H](O)COP(=O)(O)OC[C@@H](COC(=O)CCCCCCCCC(C)C)OC(=O)CCCCCCCCCCCCC. The highest BCUT2D eigenvalue weighted by Gasteiger charge is 2.30. The molecular weight excluding hydrogens is 1230 g/mol. The van der Waals surface area contributed by atoms with E-state index in [9.17, 15) is 43.2 Å². The fraction of sp³-hybridized carbons (Fsp3) is 0.947. The molecule has 0 bridgehead atoms. The molecule has 17 nitrogen and oxygen atoms in total. The summed E-state index contributed by atoms with van der Waals surface area (Å²) < 4.78 is 68.4. The normalized spacial score (nSPS) is 14.0. The Bertz CT molecular complexity index is 1820. The predicted molar refractivity (Wildman–Crippen MR) is 381 cm³/mol. The van der Waals surface area contributed by atoms with Crippen LogP contribution < -0.4 is 0 Å². The largest absolute Gasteiger partial charge is 0.472 e. The average Bonchev–Trinajstić information content (AvgIpc) is 1.20. The first-order chi connectivity index (χ1) is 45.4. The zero-order chi connectivity index (χ0) is 69.3. The molecule has 0 aliphatic rings. The maximum absolute atomic E-state index is 13.1. The minimum Gasteiger partial charge on any atom is -0.462 e. The van der Waals surface area contributed by atoms with Crippen LogP contribution in [-0.2, 0) is 65.4 Å². The first-order valence-electron chi connectivity index (χ1n) is 39.0. The number of carbonyl (C=O) groups excluding carboxylic acids is 4. The molecule has 0 rings (SSSR count). The molecule has 0 heterocycles. The number of unbranched alkanes of at least 4 members (excludes halogenated alkanes) is 44. The number of aliphatic hydroxyl groups is 1. The molecule has 0 aromatic heterocycles. The Hall–Kier alpha value is -1.94. The molecule has 3 N–H and O–H groups in total. The van der Waals surface area contributed by atoms with Crippen LogP contribution in [0.2, 0.25) is 0 Å². The van der Waals surface area contributed by atoms with Crippen LogP contribution in [0.4, 0.5) is 0 Å². The molecular formula is C75H146O17P2. The molecule has 0 radical (unpaired) electrons. The summed E-state index contributed by atoms with van der Waals surface area (Å²) in [7, 11) is -9.90. The lowest BCUT2D eigenvalue weighted by atomic mass is 10.0. The quantitative estimate of drug-likeness (QED) is 0.0222. The van der Waals surface area contributed by atoms with E-state index >= 15 is 0 Å². The van der Waals surface area contributed by atoms with Crippen LogP contribution in [0.5, 0.6) is 0 Å². The lowest BCUT2D eigenvalue weighted by molar-refractivity contribution is -0.161. The van der Waals surface area contributed by atoms with Crippen LogP contribution in [0.25, 0.3) is 0 Å². The molecule has 94 heavy (non-hydrogen) atoms. The van der Waals surface area contributed by atoms with Crippen molar-refractivity contribution in [1.82, 2.24) is 0 Å². The highest BCUT2D eigenvalue weighted by atomic mass is 31.2. The van der Waals surface area contributed by atoms with Crippen molar-refractivity contribution < 1.29 is 80.2 Å². The van der Waals surface area contributed by atoms with E-state index in [0.717, 1.165) is 102 Å². The van der Waals surface area contributed by atoms with E-state index in [2.05, 4.69) is 41.5 Å². The number of hydrogen-bond acceptors (Lipinski definition) is 15. The van der Waals surface area contributed by atoms with Gasteiger partial charge in [0.25, 0.3) is 0 Å². The van der Waals surface area contributed by atoms with Gasteiger partial charge in [0.2, 0.25) is 0 Å². The molecule has 0 spiro atoms. The maximum Gasteiger partial charge on any atom is 0.472 e. The van der Waals surface area contributed by atoms with Crippen LogP contribution >= 0.6 is 15.6 Å². The lowest BCUT2D eigenvalue weighted by Gasteiger charge is -2.21. The number of aliphatic hydroxyl groups excluding tert-OH is 1. The summed E-state index contributed by atoms with van der Waals surface area (Å²) in [5.41, 5.74) is 0. The summed E-state index contributed by atoms with van der Waals surface area (Å²) in [4.78, 5) is 72.6. The highest BCUT2D eigenvalue weighted by molar-refractivity contribution is 7.47. The lowest BCUT2D eigenvalue weighted by Crippen LogP contribution is -2.30. The smallest absolute Gasteiger partial charge is 0.462 e. The zero-order valence-corrected chi connectivity index (χ0v) is 63.1. The molecule has 0 amide bonds. The fourth-order valence-electron chi connectivity index (χ4n) is 11.5. The maximum atomic E-state index is 13.1. The summed E-state index contributed by atoms with van der Waals surface area (Å²) >= 11 is 0. The van der Waals surface area contributed by atoms with Gasteiger partial charge in [-0.2, -0.15) is 0 Å². The van der Waals surface area contributed by atoms with Gasteiger partial charge in [0.05, 0.1) is 26.4 Å². The highest BCUT2D eigenvalue weighted by Crippen LogP contribution is 2.45. The molecule has 5 atom stereocenters. The molecule has 2 unspecified atom stereocenters. The second kappa shape index (κ2) is 66.9. The number of rotatable bonds is 74. The average molecular weight is 1380 g/mol. The van der Waals surface area contributed by atoms with E-state index in [4.69, 9.17) is 37.0 Å². The van der Waals surface area contributed by atoms with Gasteiger partial charge in [-0.05, 0) is 37.5 Å². The number of phosphoric ester groups is 2. The third-order valence-electron chi connectivity index (χ3n) is 17.5. The van der Waals surface area contributed by atoms with Gasteiger partial charge in [-0.3, -0.25) is 37.3 Å². The second-order valence-corrected chi connectivity index (χ2v) is 30.9. The Kier molecular flexibility index (Phi) is 65.5. The van der Waals surface area contributed by atoms with Gasteiger partial charge in [-0.1, -0.05) is 337 Å². The summed E-state index contributed by atoms with van der Waals surface area (Å²) in [5.74, 6) is -0.698. The van der Waals surface area contributed by atoms with Gasteiger partial charge in [-0.15, -0.1) is 0 Å². The van der Waals surface area contributed by atoms with Crippen molar-refractivity contribution in [2.24, 2.45) is 11.8 Å². The molecule has 558 valence electrons. The third kappa shape index (κ3) is 68.6. The van der Waals surface area contributed by atoms with E-state index in [0.29, 0.717) is 31.6 Å². The van der Waals surface area contributed by atoms with Crippen molar-refractivity contribution in [3.63, 3.8) is 0 Å². The van der Waals surface area contributed by atoms with Gasteiger partial charge in [0.1, 0.15) is 19.3 Å². The summed E-state index contributed by atoms with van der Waals surface area (Å²) in [5, 5.41) is 10.6. The Balaban J connectivity index is 5.16. The minimum atomic E-state index is -4.96. The van der Waals surface area contributed by atoms with E-state index in [1.165, 1.54) is 199 Å². The Morgan fingerprint density at radius 3 is 0.723 bits per heavy atom. The van der Waals surface area contributed by atoms with E-state index in [-0.39, 0.29) is 25.7 Å². The van der Waals surface area contributed by atoms with Gasteiger partial charge in [0.15, 0.2) is 12.2 Å². The van der Waals surface area contributed by atoms with Crippen molar-refractivity contribution >= 4 is 39.5 Å². The number of ether oxygens (including phenoxy) is 4. The van der Waals surface area contributed by atoms with E-state index in [1.54, 1.807) is 0 Å². The van der Waals surface area contributed by atoms with Crippen LogP contribution in [0.1, 0.15) is 388 Å². The number of carbonyl (C=O) groups is 4. The number of phosphoric acid groups is 2. The van der Waals surface area contributed by atoms with Crippen molar-refractivity contribution in [1.29, 1.82) is 0 Å². The van der Waals surface area contributed by atoms with E-state index in [1.807, 2.05) is 0 Å². The van der Waals surface area contributed by atoms with Gasteiger partial charge in [0, 0.05) is 25.7 Å². The van der Waals surface area contributed by atoms with Crippen LogP contribution in [-0.4, -0.2) is 96.7 Å². The van der Waals surface area contributed by atoms with Gasteiger partial charge >= 0.3 is 39.5 Å². The Morgan fingerprint density at radius 2 is 0.489 bits per heavy atom. The van der Waals surface area contributed by atoms with E-state index < -0.39 is 97.5 Å². The number of hydrogen-bond donors (Lipinski definition) is 3. The first-order valence-corrected chi connectivity index (χ1v) is 42.0. The Morgan fingerprint density at radius 1 is 0.287 bits per heavy atom. The summed E-state index contributed by atoms with van der Waals surface area (Å²) in [6, 6.07) is 0. The van der Waals surface area contributed by atoms with Gasteiger partial charge in [-0.25, -0.2) is 9.13 Å². The molecule has 0 aromatic rings. The monoisotopic (exact) mass is 1380 g/mol. The second-order valence-electron chi connectivity index (χ2n) is 28.0. The topological polar surface area (TPSA) is 237 Å².